The molecule has 0 spiro atoms. The number of aryl methyl sites for hydroxylation is 1. The van der Waals surface area contributed by atoms with E-state index in [-0.39, 0.29) is 0 Å². The summed E-state index contributed by atoms with van der Waals surface area (Å²) < 4.78 is 0. The summed E-state index contributed by atoms with van der Waals surface area (Å²) >= 11 is -0.826. The van der Waals surface area contributed by atoms with Crippen LogP contribution in [0.25, 0.3) is 43.4 Å². The van der Waals surface area contributed by atoms with E-state index in [4.69, 9.17) is 17.0 Å². The second-order valence-electron chi connectivity index (χ2n) is 7.57. The van der Waals surface area contributed by atoms with Crippen LogP contribution in [-0.2, 0) is 27.3 Å². The van der Waals surface area contributed by atoms with Gasteiger partial charge in [0.05, 0.1) is 0 Å². The summed E-state index contributed by atoms with van der Waals surface area (Å²) in [5, 5.41) is 7.98. The Labute approximate surface area is 196 Å². The first-order valence-electron chi connectivity index (χ1n) is 10.3. The van der Waals surface area contributed by atoms with Gasteiger partial charge in [-0.3, -0.25) is 0 Å². The van der Waals surface area contributed by atoms with Crippen molar-refractivity contribution in [2.45, 2.75) is 26.2 Å². The van der Waals surface area contributed by atoms with Crippen LogP contribution in [0.15, 0.2) is 84.9 Å². The zero-order valence-electron chi connectivity index (χ0n) is 17.0. The number of hydrogen-bond acceptors (Lipinski definition) is 0. The third-order valence-electron chi connectivity index (χ3n) is 5.67. The molecule has 0 aliphatic rings. The summed E-state index contributed by atoms with van der Waals surface area (Å²) in [5.41, 5.74) is 4.14. The molecule has 0 unspecified atom stereocenters. The van der Waals surface area contributed by atoms with Gasteiger partial charge in [-0.25, -0.2) is 0 Å². The van der Waals surface area contributed by atoms with Crippen LogP contribution in [0.1, 0.15) is 25.3 Å². The fourth-order valence-corrected chi connectivity index (χ4v) is 4.26. The van der Waals surface area contributed by atoms with Crippen LogP contribution in [0.5, 0.6) is 0 Å². The van der Waals surface area contributed by atoms with E-state index in [2.05, 4.69) is 91.9 Å². The first-order valence-corrected chi connectivity index (χ1v) is 16.6. The molecule has 0 heterocycles. The van der Waals surface area contributed by atoms with Crippen LogP contribution >= 0.6 is 17.0 Å². The molecule has 5 aromatic rings. The van der Waals surface area contributed by atoms with E-state index in [1.807, 2.05) is 0 Å². The van der Waals surface area contributed by atoms with Gasteiger partial charge in [0, 0.05) is 0 Å². The van der Waals surface area contributed by atoms with Gasteiger partial charge in [-0.15, -0.1) is 34.5 Å². The van der Waals surface area contributed by atoms with E-state index in [9.17, 15) is 0 Å². The normalized spacial score (nSPS) is 10.9. The van der Waals surface area contributed by atoms with Crippen molar-refractivity contribution < 1.29 is 20.8 Å². The monoisotopic (exact) mass is 507 g/mol. The molecule has 0 aromatic heterocycles. The molecule has 0 radical (unpaired) electrons. The fraction of sp³-hybridized carbons (Fsp3) is 0.148. The molecule has 0 nitrogen and oxygen atoms in total. The van der Waals surface area contributed by atoms with Crippen LogP contribution in [-0.4, -0.2) is 0 Å². The molecule has 3 heteroatoms. The van der Waals surface area contributed by atoms with Crippen LogP contribution in [0, 0.1) is 0 Å². The Hall–Kier alpha value is -1.53. The third-order valence-corrected chi connectivity index (χ3v) is 5.67. The van der Waals surface area contributed by atoms with Gasteiger partial charge >= 0.3 is 37.9 Å². The Morgan fingerprint density at radius 3 is 2.10 bits per heavy atom. The van der Waals surface area contributed by atoms with Gasteiger partial charge in [0.1, 0.15) is 0 Å². The van der Waals surface area contributed by atoms with Gasteiger partial charge in [0.2, 0.25) is 0 Å². The third kappa shape index (κ3) is 4.55. The molecule has 0 N–H and O–H groups in total. The summed E-state index contributed by atoms with van der Waals surface area (Å²) in [6.45, 7) is 2.26. The van der Waals surface area contributed by atoms with Crippen molar-refractivity contribution in [2.24, 2.45) is 0 Å². The van der Waals surface area contributed by atoms with Crippen molar-refractivity contribution in [1.82, 2.24) is 0 Å². The maximum atomic E-state index is 4.93. The quantitative estimate of drug-likeness (QED) is 0.167. The first-order chi connectivity index (χ1) is 14.7. The summed E-state index contributed by atoms with van der Waals surface area (Å²) in [6.07, 6.45) is 3.67. The van der Waals surface area contributed by atoms with Gasteiger partial charge < -0.3 is 0 Å². The van der Waals surface area contributed by atoms with Crippen LogP contribution < -0.4 is 0 Å². The molecule has 0 aliphatic carbocycles. The second kappa shape index (κ2) is 10.2. The Bertz CT molecular complexity index is 1290. The number of benzene rings is 4. The van der Waals surface area contributed by atoms with Crippen molar-refractivity contribution in [2.75, 3.05) is 0 Å². The average molecular weight is 510 g/mol. The minimum absolute atomic E-state index is 0.826. The van der Waals surface area contributed by atoms with E-state index in [1.54, 1.807) is 0 Å². The SMILES string of the molecule is CCCCc1cc2c(-c3cccc4cc5ccccc5cc34)cccc2[cH-]1.[Cl][Zr][Cl]. The standard InChI is InChI=1S/C27H23.2ClH.Zr/c1-2-3-8-19-15-22-11-6-13-24(26(22)16-19)25-14-7-12-23-17-20-9-4-5-10-21(20)18-27(23)25;;;/h4-7,9-18H,2-3,8H2,1H3;2*1H;/q-1;;;+2/p-2. The van der Waals surface area contributed by atoms with Gasteiger partial charge in [0.15, 0.2) is 0 Å². The summed E-state index contributed by atoms with van der Waals surface area (Å²) in [4.78, 5) is 0. The topological polar surface area (TPSA) is 0 Å². The molecule has 0 aliphatic heterocycles. The van der Waals surface area contributed by atoms with Gasteiger partial charge in [-0.2, -0.15) is 6.07 Å². The van der Waals surface area contributed by atoms with Gasteiger partial charge in [-0.05, 0) is 45.7 Å². The number of halogens is 2. The van der Waals surface area contributed by atoms with E-state index in [1.165, 1.54) is 68.3 Å². The zero-order valence-corrected chi connectivity index (χ0v) is 20.9. The summed E-state index contributed by atoms with van der Waals surface area (Å²) in [5.74, 6) is 0. The van der Waals surface area contributed by atoms with Crippen molar-refractivity contribution in [3.05, 3.63) is 90.5 Å². The Morgan fingerprint density at radius 1 is 0.733 bits per heavy atom. The molecule has 5 rings (SSSR count). The molecule has 0 atom stereocenters. The number of unbranched alkanes of at least 4 members (excludes halogenated alkanes) is 1. The van der Waals surface area contributed by atoms with Crippen molar-refractivity contribution in [3.8, 4) is 11.1 Å². The molecule has 5 aromatic carbocycles. The molecule has 30 heavy (non-hydrogen) atoms. The van der Waals surface area contributed by atoms with Gasteiger partial charge in [-0.1, -0.05) is 73.9 Å². The van der Waals surface area contributed by atoms with E-state index < -0.39 is 20.8 Å². The Kier molecular flexibility index (Phi) is 7.37. The molecule has 0 saturated carbocycles. The van der Waals surface area contributed by atoms with Crippen molar-refractivity contribution >= 4 is 49.3 Å². The Balaban J connectivity index is 0.000000687. The number of hydrogen-bond donors (Lipinski definition) is 0. The maximum absolute atomic E-state index is 4.93. The second-order valence-corrected chi connectivity index (χ2v) is 11.3. The van der Waals surface area contributed by atoms with E-state index >= 15 is 0 Å². The van der Waals surface area contributed by atoms with E-state index in [0.717, 1.165) is 0 Å². The molecular weight excluding hydrogens is 486 g/mol. The predicted molar refractivity (Wildman–Crippen MR) is 130 cm³/mol. The predicted octanol–water partition coefficient (Wildman–Crippen LogP) is 9.25. The van der Waals surface area contributed by atoms with E-state index in [0.29, 0.717) is 0 Å². The summed E-state index contributed by atoms with van der Waals surface area (Å²) in [6, 6.07) is 31.5. The van der Waals surface area contributed by atoms with Gasteiger partial charge in [0.25, 0.3) is 0 Å². The molecule has 0 amide bonds. The minimum atomic E-state index is -0.826. The van der Waals surface area contributed by atoms with Crippen LogP contribution in [0.2, 0.25) is 0 Å². The average Bonchev–Trinajstić information content (AvgIpc) is 3.19. The van der Waals surface area contributed by atoms with Crippen molar-refractivity contribution in [1.29, 1.82) is 0 Å². The number of fused-ring (bicyclic) bond motifs is 3. The molecule has 0 bridgehead atoms. The summed E-state index contributed by atoms with van der Waals surface area (Å²) in [7, 11) is 9.87. The van der Waals surface area contributed by atoms with Crippen molar-refractivity contribution in [3.63, 3.8) is 0 Å². The van der Waals surface area contributed by atoms with Crippen LogP contribution in [0.3, 0.4) is 0 Å². The first kappa shape index (κ1) is 21.7. The fourth-order valence-electron chi connectivity index (χ4n) is 4.26. The molecule has 150 valence electrons. The molecule has 0 fully saturated rings. The van der Waals surface area contributed by atoms with Crippen LogP contribution in [0.4, 0.5) is 0 Å². The molecule has 0 saturated heterocycles. The number of rotatable bonds is 4. The Morgan fingerprint density at radius 2 is 1.37 bits per heavy atom. The zero-order chi connectivity index (χ0) is 20.9. The molecular formula is C27H23Cl2Zr-.